The van der Waals surface area contributed by atoms with E-state index in [-0.39, 0.29) is 47.2 Å². The molecule has 48 valence electrons. The predicted molar refractivity (Wildman–Crippen MR) is 21.1 cm³/mol. The zero-order valence-electron chi connectivity index (χ0n) is 2.54. The Bertz CT molecular complexity index is 3.90. The number of rotatable bonds is 0. The van der Waals surface area contributed by atoms with Crippen LogP contribution in [-0.2, 0) is 0 Å². The first-order valence-electron chi connectivity index (χ1n) is 0. The van der Waals surface area contributed by atoms with Crippen molar-refractivity contribution in [1.82, 2.24) is 0 Å². The summed E-state index contributed by atoms with van der Waals surface area (Å²) in [5.41, 5.74) is 0. The Morgan fingerprint density at radius 2 is 0.333 bits per heavy atom. The van der Waals surface area contributed by atoms with Gasteiger partial charge in [0.25, 0.3) is 0 Å². The van der Waals surface area contributed by atoms with Crippen LogP contribution in [0.5, 0.6) is 0 Å². The Hall–Kier alpha value is 0.440. The third kappa shape index (κ3) is 272. The summed E-state index contributed by atoms with van der Waals surface area (Å²) in [7, 11) is 0. The maximum atomic E-state index is 0. The molecule has 0 aliphatic rings. The molecule has 0 rings (SSSR count). The SMILES string of the molecule is F.F.F.F.F.[TeH2]. The molecule has 0 saturated carbocycles. The molecule has 0 nitrogen and oxygen atoms in total. The maximum absolute atomic E-state index is 0. The molecule has 0 aromatic carbocycles. The summed E-state index contributed by atoms with van der Waals surface area (Å²) < 4.78 is 0. The van der Waals surface area contributed by atoms with E-state index in [1.54, 1.807) is 0 Å². The molecule has 0 spiro atoms. The second-order valence-corrected chi connectivity index (χ2v) is 0. The van der Waals surface area contributed by atoms with E-state index in [0.29, 0.717) is 0 Å². The molecular formula is H7F5Te. The van der Waals surface area contributed by atoms with Crippen LogP contribution in [0.1, 0.15) is 0 Å². The van der Waals surface area contributed by atoms with Gasteiger partial charge in [0.2, 0.25) is 0 Å². The Labute approximate surface area is 47.9 Å². The van der Waals surface area contributed by atoms with Crippen LogP contribution >= 0.6 is 0 Å². The summed E-state index contributed by atoms with van der Waals surface area (Å²) in [6.07, 6.45) is 0. The Balaban J connectivity index is 0. The molecule has 0 aromatic rings. The fraction of sp³-hybridized carbons (Fsp3) is 0. The normalized spacial score (nSPS) is 0. The minimum absolute atomic E-state index is 0. The van der Waals surface area contributed by atoms with E-state index in [0.717, 1.165) is 0 Å². The van der Waals surface area contributed by atoms with Gasteiger partial charge >= 0.3 is 23.7 Å². The molecule has 0 N–H and O–H groups in total. The van der Waals surface area contributed by atoms with Crippen molar-refractivity contribution in [3.8, 4) is 0 Å². The first kappa shape index (κ1) is 986. The van der Waals surface area contributed by atoms with Crippen molar-refractivity contribution in [3.63, 3.8) is 0 Å². The van der Waals surface area contributed by atoms with Gasteiger partial charge in [-0.05, 0) is 0 Å². The average molecular weight is 230 g/mol. The second-order valence-electron chi connectivity index (χ2n) is 0. The van der Waals surface area contributed by atoms with Crippen LogP contribution in [0.25, 0.3) is 0 Å². The van der Waals surface area contributed by atoms with Crippen LogP contribution in [0.4, 0.5) is 23.5 Å². The van der Waals surface area contributed by atoms with Crippen LogP contribution in [0.15, 0.2) is 0 Å². The summed E-state index contributed by atoms with van der Waals surface area (Å²) in [6, 6.07) is 0. The summed E-state index contributed by atoms with van der Waals surface area (Å²) in [5, 5.41) is 0. The van der Waals surface area contributed by atoms with Gasteiger partial charge in [-0.2, -0.15) is 0 Å². The fourth-order valence-electron chi connectivity index (χ4n) is 0. The molecule has 0 aromatic heterocycles. The van der Waals surface area contributed by atoms with Gasteiger partial charge in [-0.15, -0.1) is 0 Å². The standard InChI is InChI=1S/5FH.H2Te/h5*1H;1H2. The Morgan fingerprint density at radius 1 is 0.333 bits per heavy atom. The second kappa shape index (κ2) is 555. The van der Waals surface area contributed by atoms with Crippen molar-refractivity contribution in [2.24, 2.45) is 0 Å². The van der Waals surface area contributed by atoms with E-state index in [4.69, 9.17) is 0 Å². The molecule has 0 saturated heterocycles. The van der Waals surface area contributed by atoms with E-state index < -0.39 is 0 Å². The van der Waals surface area contributed by atoms with Crippen molar-refractivity contribution in [1.29, 1.82) is 0 Å². The van der Waals surface area contributed by atoms with Gasteiger partial charge in [-0.1, -0.05) is 0 Å². The van der Waals surface area contributed by atoms with Crippen LogP contribution in [0.3, 0.4) is 0 Å². The monoisotopic (exact) mass is 232 g/mol. The van der Waals surface area contributed by atoms with Crippen molar-refractivity contribution < 1.29 is 23.5 Å². The molecule has 6 heavy (non-hydrogen) atoms. The van der Waals surface area contributed by atoms with Gasteiger partial charge in [0.05, 0.1) is 0 Å². The summed E-state index contributed by atoms with van der Waals surface area (Å²) >= 11 is 0. The van der Waals surface area contributed by atoms with Crippen LogP contribution in [0.2, 0.25) is 0 Å². The molecule has 0 unspecified atom stereocenters. The van der Waals surface area contributed by atoms with Crippen molar-refractivity contribution in [2.45, 2.75) is 0 Å². The van der Waals surface area contributed by atoms with Crippen molar-refractivity contribution >= 4 is 23.7 Å². The van der Waals surface area contributed by atoms with Crippen LogP contribution in [-0.4, -0.2) is 23.7 Å². The molecule has 0 radical (unpaired) electrons. The van der Waals surface area contributed by atoms with Gasteiger partial charge in [0.15, 0.2) is 0 Å². The summed E-state index contributed by atoms with van der Waals surface area (Å²) in [4.78, 5) is 0. The van der Waals surface area contributed by atoms with Gasteiger partial charge in [0, 0.05) is 0 Å². The Morgan fingerprint density at radius 3 is 0.333 bits per heavy atom. The molecule has 0 amide bonds. The van der Waals surface area contributed by atoms with E-state index in [9.17, 15) is 0 Å². The molecular weight excluding hydrogens is 223 g/mol. The molecule has 0 bridgehead atoms. The molecule has 0 fully saturated rings. The van der Waals surface area contributed by atoms with E-state index in [1.807, 2.05) is 0 Å². The number of halogens is 5. The van der Waals surface area contributed by atoms with Crippen LogP contribution < -0.4 is 0 Å². The number of hydrogen-bond acceptors (Lipinski definition) is 0. The van der Waals surface area contributed by atoms with E-state index >= 15 is 0 Å². The molecule has 0 aliphatic heterocycles. The molecule has 0 aliphatic carbocycles. The average Bonchev–Trinajstić information content (AvgIpc) is 0. The first-order valence-corrected chi connectivity index (χ1v) is 0. The van der Waals surface area contributed by atoms with E-state index in [1.165, 1.54) is 0 Å². The Kier molecular flexibility index (Phi) is 91200. The molecule has 6 heteroatoms. The summed E-state index contributed by atoms with van der Waals surface area (Å²) in [6.45, 7) is 0. The molecule has 0 heterocycles. The van der Waals surface area contributed by atoms with Gasteiger partial charge < -0.3 is 0 Å². The van der Waals surface area contributed by atoms with Crippen molar-refractivity contribution in [3.05, 3.63) is 0 Å². The van der Waals surface area contributed by atoms with Gasteiger partial charge in [0.1, 0.15) is 0 Å². The summed E-state index contributed by atoms with van der Waals surface area (Å²) in [5.74, 6) is 0. The first-order chi connectivity index (χ1) is 0. The number of hydrogen-bond donors (Lipinski definition) is 0. The van der Waals surface area contributed by atoms with Crippen molar-refractivity contribution in [2.75, 3.05) is 0 Å². The minimum atomic E-state index is 0. The topological polar surface area (TPSA) is 0 Å². The molecule has 0 atom stereocenters. The van der Waals surface area contributed by atoms with Crippen LogP contribution in [0, 0.1) is 0 Å². The predicted octanol–water partition coefficient (Wildman–Crippen LogP) is -0.154. The van der Waals surface area contributed by atoms with Gasteiger partial charge in [-0.3, -0.25) is 23.5 Å². The van der Waals surface area contributed by atoms with E-state index in [2.05, 4.69) is 0 Å². The zero-order valence-corrected chi connectivity index (χ0v) is 5.40. The third-order valence-corrected chi connectivity index (χ3v) is 0. The third-order valence-electron chi connectivity index (χ3n) is 0. The quantitative estimate of drug-likeness (QED) is 0.400. The van der Waals surface area contributed by atoms with Gasteiger partial charge in [-0.25, -0.2) is 0 Å². The zero-order chi connectivity index (χ0) is 0. The fourth-order valence-corrected chi connectivity index (χ4v) is 0.